The second-order valence-corrected chi connectivity index (χ2v) is 6.47. The van der Waals surface area contributed by atoms with E-state index in [0.29, 0.717) is 17.5 Å². The Morgan fingerprint density at radius 1 is 1.37 bits per heavy atom. The van der Waals surface area contributed by atoms with Crippen LogP contribution in [0.2, 0.25) is 5.02 Å². The van der Waals surface area contributed by atoms with Gasteiger partial charge in [0.1, 0.15) is 10.6 Å². The molecule has 1 fully saturated rings. The van der Waals surface area contributed by atoms with Crippen LogP contribution < -0.4 is 9.88 Å². The van der Waals surface area contributed by atoms with Crippen molar-refractivity contribution in [1.82, 2.24) is 0 Å². The van der Waals surface area contributed by atoms with E-state index in [0.717, 1.165) is 26.1 Å². The first-order chi connectivity index (χ1) is 8.97. The highest BCUT2D eigenvalue weighted by Crippen LogP contribution is 2.27. The molecule has 1 aromatic rings. The molecule has 1 aliphatic rings. The van der Waals surface area contributed by atoms with Crippen LogP contribution in [0.4, 0.5) is 0 Å². The molecule has 0 aliphatic carbocycles. The van der Waals surface area contributed by atoms with E-state index < -0.39 is 10.0 Å². The Labute approximate surface area is 117 Å². The van der Waals surface area contributed by atoms with E-state index in [1.807, 2.05) is 0 Å². The maximum Gasteiger partial charge on any atom is 0.241 e. The van der Waals surface area contributed by atoms with Gasteiger partial charge in [0.25, 0.3) is 0 Å². The quantitative estimate of drug-likeness (QED) is 0.920. The number of hydrogen-bond donors (Lipinski definition) is 1. The Bertz CT molecular complexity index is 541. The number of sulfonamides is 1. The van der Waals surface area contributed by atoms with Crippen molar-refractivity contribution >= 4 is 21.6 Å². The minimum Gasteiger partial charge on any atom is -0.492 e. The molecule has 0 amide bonds. The molecular formula is C12H16ClNO4S. The van der Waals surface area contributed by atoms with Crippen LogP contribution in [0.5, 0.6) is 5.75 Å². The first-order valence-corrected chi connectivity index (χ1v) is 7.92. The van der Waals surface area contributed by atoms with Crippen LogP contribution in [0.25, 0.3) is 0 Å². The predicted molar refractivity (Wildman–Crippen MR) is 71.9 cm³/mol. The van der Waals surface area contributed by atoms with Gasteiger partial charge in [-0.15, -0.1) is 0 Å². The predicted octanol–water partition coefficient (Wildman–Crippen LogP) is 1.79. The molecule has 0 bridgehead atoms. The second kappa shape index (κ2) is 6.09. The minimum atomic E-state index is -3.84. The van der Waals surface area contributed by atoms with E-state index in [4.69, 9.17) is 26.2 Å². The number of primary sulfonamides is 1. The summed E-state index contributed by atoms with van der Waals surface area (Å²) < 4.78 is 33.8. The van der Waals surface area contributed by atoms with Gasteiger partial charge in [-0.25, -0.2) is 13.6 Å². The maximum atomic E-state index is 11.5. The van der Waals surface area contributed by atoms with E-state index in [2.05, 4.69) is 0 Å². The summed E-state index contributed by atoms with van der Waals surface area (Å²) in [6.45, 7) is 1.89. The van der Waals surface area contributed by atoms with Gasteiger partial charge in [0.2, 0.25) is 10.0 Å². The monoisotopic (exact) mass is 305 g/mol. The Morgan fingerprint density at radius 3 is 2.68 bits per heavy atom. The normalized spacial score (nSPS) is 17.4. The molecule has 0 atom stereocenters. The smallest absolute Gasteiger partial charge is 0.241 e. The third-order valence-corrected chi connectivity index (χ3v) is 4.19. The van der Waals surface area contributed by atoms with Gasteiger partial charge in [0.05, 0.1) is 6.61 Å². The van der Waals surface area contributed by atoms with Crippen LogP contribution in [0.1, 0.15) is 12.8 Å². The molecule has 106 valence electrons. The molecule has 2 N–H and O–H groups in total. The summed E-state index contributed by atoms with van der Waals surface area (Å²) in [6, 6.07) is 4.41. The van der Waals surface area contributed by atoms with Gasteiger partial charge >= 0.3 is 0 Å². The number of rotatable bonds is 4. The summed E-state index contributed by atoms with van der Waals surface area (Å²) in [5, 5.41) is 5.46. The lowest BCUT2D eigenvalue weighted by atomic mass is 10.0. The molecule has 1 aromatic carbocycles. The van der Waals surface area contributed by atoms with Crippen molar-refractivity contribution in [1.29, 1.82) is 0 Å². The fraction of sp³-hybridized carbons (Fsp3) is 0.500. The van der Waals surface area contributed by atoms with Crippen molar-refractivity contribution in [3.63, 3.8) is 0 Å². The molecule has 2 rings (SSSR count). The Morgan fingerprint density at radius 2 is 2.05 bits per heavy atom. The first kappa shape index (κ1) is 14.6. The summed E-state index contributed by atoms with van der Waals surface area (Å²) in [5.74, 6) is 0.621. The number of benzene rings is 1. The van der Waals surface area contributed by atoms with Crippen LogP contribution in [-0.2, 0) is 14.8 Å². The molecule has 1 saturated heterocycles. The fourth-order valence-electron chi connectivity index (χ4n) is 1.94. The molecular weight excluding hydrogens is 290 g/mol. The lowest BCUT2D eigenvalue weighted by Crippen LogP contribution is -2.22. The molecule has 0 unspecified atom stereocenters. The molecule has 0 aromatic heterocycles. The van der Waals surface area contributed by atoms with Crippen LogP contribution in [-0.4, -0.2) is 28.2 Å². The van der Waals surface area contributed by atoms with Crippen molar-refractivity contribution in [2.75, 3.05) is 19.8 Å². The van der Waals surface area contributed by atoms with E-state index >= 15 is 0 Å². The molecule has 19 heavy (non-hydrogen) atoms. The van der Waals surface area contributed by atoms with Gasteiger partial charge < -0.3 is 9.47 Å². The topological polar surface area (TPSA) is 78.6 Å². The van der Waals surface area contributed by atoms with E-state index in [9.17, 15) is 8.42 Å². The molecule has 0 spiro atoms. The molecule has 0 saturated carbocycles. The zero-order valence-electron chi connectivity index (χ0n) is 10.3. The highest BCUT2D eigenvalue weighted by atomic mass is 35.5. The Kier molecular flexibility index (Phi) is 4.67. The van der Waals surface area contributed by atoms with Crippen molar-refractivity contribution in [3.8, 4) is 5.75 Å². The molecule has 1 aliphatic heterocycles. The van der Waals surface area contributed by atoms with Gasteiger partial charge in [-0.3, -0.25) is 0 Å². The van der Waals surface area contributed by atoms with Crippen LogP contribution in [0, 0.1) is 5.92 Å². The van der Waals surface area contributed by atoms with Crippen molar-refractivity contribution < 1.29 is 17.9 Å². The zero-order valence-corrected chi connectivity index (χ0v) is 11.9. The lowest BCUT2D eigenvalue weighted by molar-refractivity contribution is 0.0493. The van der Waals surface area contributed by atoms with Crippen LogP contribution in [0.15, 0.2) is 23.1 Å². The molecule has 7 heteroatoms. The SMILES string of the molecule is NS(=O)(=O)c1cc(Cl)ccc1OCC1CCOCC1. The van der Waals surface area contributed by atoms with Gasteiger partial charge in [-0.1, -0.05) is 11.6 Å². The standard InChI is InChI=1S/C12H16ClNO4S/c13-10-1-2-11(12(7-10)19(14,15)16)18-8-9-3-5-17-6-4-9/h1-2,7,9H,3-6,8H2,(H2,14,15,16). The average Bonchev–Trinajstić information content (AvgIpc) is 2.37. The highest BCUT2D eigenvalue weighted by molar-refractivity contribution is 7.89. The summed E-state index contributed by atoms with van der Waals surface area (Å²) in [6.07, 6.45) is 1.83. The van der Waals surface area contributed by atoms with Gasteiger partial charge in [-0.05, 0) is 37.0 Å². The van der Waals surface area contributed by atoms with Gasteiger partial charge in [0, 0.05) is 18.2 Å². The molecule has 0 radical (unpaired) electrons. The fourth-order valence-corrected chi connectivity index (χ4v) is 2.88. The largest absolute Gasteiger partial charge is 0.492 e. The van der Waals surface area contributed by atoms with E-state index in [1.54, 1.807) is 6.07 Å². The van der Waals surface area contributed by atoms with Crippen LogP contribution >= 0.6 is 11.6 Å². The summed E-state index contributed by atoms with van der Waals surface area (Å²) in [5.41, 5.74) is 0. The first-order valence-electron chi connectivity index (χ1n) is 6.00. The third-order valence-electron chi connectivity index (χ3n) is 3.03. The summed E-state index contributed by atoms with van der Waals surface area (Å²) >= 11 is 5.78. The average molecular weight is 306 g/mol. The van der Waals surface area contributed by atoms with Gasteiger partial charge in [-0.2, -0.15) is 0 Å². The van der Waals surface area contributed by atoms with E-state index in [1.165, 1.54) is 12.1 Å². The zero-order chi connectivity index (χ0) is 13.9. The Hall–Kier alpha value is -0.820. The van der Waals surface area contributed by atoms with E-state index in [-0.39, 0.29) is 10.6 Å². The number of halogens is 1. The van der Waals surface area contributed by atoms with Crippen molar-refractivity contribution in [2.45, 2.75) is 17.7 Å². The second-order valence-electron chi connectivity index (χ2n) is 4.50. The maximum absolute atomic E-state index is 11.5. The number of hydrogen-bond acceptors (Lipinski definition) is 4. The summed E-state index contributed by atoms with van der Waals surface area (Å²) in [7, 11) is -3.84. The highest BCUT2D eigenvalue weighted by Gasteiger charge is 2.19. The van der Waals surface area contributed by atoms with Crippen molar-refractivity contribution in [2.24, 2.45) is 11.1 Å². The Balaban J connectivity index is 2.11. The van der Waals surface area contributed by atoms with Crippen LogP contribution in [0.3, 0.4) is 0 Å². The number of ether oxygens (including phenoxy) is 2. The molecule has 1 heterocycles. The number of nitrogens with two attached hydrogens (primary N) is 1. The van der Waals surface area contributed by atoms with Gasteiger partial charge in [0.15, 0.2) is 0 Å². The van der Waals surface area contributed by atoms with Crippen molar-refractivity contribution in [3.05, 3.63) is 23.2 Å². The minimum absolute atomic E-state index is 0.0768. The lowest BCUT2D eigenvalue weighted by Gasteiger charge is -2.22. The third kappa shape index (κ3) is 4.07. The molecule has 5 nitrogen and oxygen atoms in total. The summed E-state index contributed by atoms with van der Waals surface area (Å²) in [4.78, 5) is -0.0768.